The number of piperidine rings is 1. The lowest BCUT2D eigenvalue weighted by Crippen LogP contribution is -2.35. The van der Waals surface area contributed by atoms with Crippen molar-refractivity contribution in [1.82, 2.24) is 4.90 Å². The van der Waals surface area contributed by atoms with Crippen molar-refractivity contribution >= 4 is 11.7 Å². The van der Waals surface area contributed by atoms with Crippen LogP contribution in [0.15, 0.2) is 54.6 Å². The number of nitrogens with zero attached hydrogens (tertiary/aromatic N) is 1. The van der Waals surface area contributed by atoms with Crippen LogP contribution in [0.2, 0.25) is 0 Å². The lowest BCUT2D eigenvalue weighted by molar-refractivity contribution is 0.0139. The molecule has 1 aliphatic heterocycles. The zero-order valence-electron chi connectivity index (χ0n) is 15.2. The van der Waals surface area contributed by atoms with E-state index in [-0.39, 0.29) is 12.1 Å². The number of anilines is 1. The average molecular weight is 354 g/mol. The Balaban J connectivity index is 1.40. The summed E-state index contributed by atoms with van der Waals surface area (Å²) >= 11 is 0. The van der Waals surface area contributed by atoms with Gasteiger partial charge in [0.2, 0.25) is 0 Å². The quantitative estimate of drug-likeness (QED) is 0.610. The van der Waals surface area contributed by atoms with Crippen LogP contribution in [-0.4, -0.2) is 50.3 Å². The zero-order valence-corrected chi connectivity index (χ0v) is 15.2. The normalized spacial score (nSPS) is 15.4. The molecule has 0 bridgehead atoms. The molecule has 0 radical (unpaired) electrons. The lowest BCUT2D eigenvalue weighted by atomic mass is 10.1. The molecule has 0 unspecified atom stereocenters. The number of ether oxygens (including phenoxy) is 2. The van der Waals surface area contributed by atoms with Gasteiger partial charge < -0.3 is 19.7 Å². The Labute approximate surface area is 154 Å². The first-order valence-electron chi connectivity index (χ1n) is 9.12. The Hall–Kier alpha value is -2.53. The van der Waals surface area contributed by atoms with E-state index in [1.807, 2.05) is 42.5 Å². The molecule has 0 aromatic heterocycles. The van der Waals surface area contributed by atoms with Crippen molar-refractivity contribution < 1.29 is 14.3 Å². The molecule has 0 spiro atoms. The number of nitrogens with one attached hydrogen (secondary N) is 1. The smallest absolute Gasteiger partial charge is 0.338 e. The van der Waals surface area contributed by atoms with Crippen LogP contribution in [0.25, 0.3) is 0 Å². The highest BCUT2D eigenvalue weighted by molar-refractivity contribution is 5.89. The van der Waals surface area contributed by atoms with Gasteiger partial charge in [-0.25, -0.2) is 4.79 Å². The number of hydrogen-bond acceptors (Lipinski definition) is 5. The van der Waals surface area contributed by atoms with Gasteiger partial charge in [0, 0.05) is 25.3 Å². The molecule has 0 aliphatic carbocycles. The molecule has 26 heavy (non-hydrogen) atoms. The van der Waals surface area contributed by atoms with Crippen LogP contribution in [-0.2, 0) is 4.74 Å². The highest BCUT2D eigenvalue weighted by Crippen LogP contribution is 2.16. The largest absolute Gasteiger partial charge is 0.492 e. The van der Waals surface area contributed by atoms with Crippen LogP contribution in [0.3, 0.4) is 0 Å². The van der Waals surface area contributed by atoms with E-state index in [0.29, 0.717) is 18.7 Å². The molecule has 1 N–H and O–H groups in total. The molecule has 1 fully saturated rings. The molecular formula is C21H26N2O3. The van der Waals surface area contributed by atoms with E-state index in [9.17, 15) is 4.79 Å². The summed E-state index contributed by atoms with van der Waals surface area (Å²) in [5, 5.41) is 3.28. The van der Waals surface area contributed by atoms with Crippen LogP contribution in [0.4, 0.5) is 5.69 Å². The topological polar surface area (TPSA) is 50.8 Å². The van der Waals surface area contributed by atoms with Gasteiger partial charge in [-0.15, -0.1) is 0 Å². The third kappa shape index (κ3) is 5.49. The first-order valence-corrected chi connectivity index (χ1v) is 9.12. The van der Waals surface area contributed by atoms with Crippen LogP contribution < -0.4 is 10.1 Å². The van der Waals surface area contributed by atoms with Gasteiger partial charge in [0.05, 0.1) is 5.56 Å². The summed E-state index contributed by atoms with van der Waals surface area (Å²) in [5.41, 5.74) is 1.55. The molecule has 138 valence electrons. The maximum absolute atomic E-state index is 12.2. The number of benzene rings is 2. The first kappa shape index (κ1) is 18.3. The van der Waals surface area contributed by atoms with E-state index in [4.69, 9.17) is 9.47 Å². The SMILES string of the molecule is CN1CCC(OC(=O)c2ccc(NCCOc3ccccc3)cc2)CC1. The Morgan fingerprint density at radius 1 is 1.08 bits per heavy atom. The van der Waals surface area contributed by atoms with Crippen LogP contribution in [0.1, 0.15) is 23.2 Å². The number of likely N-dealkylation sites (tertiary alicyclic amines) is 1. The van der Waals surface area contributed by atoms with Crippen molar-refractivity contribution in [1.29, 1.82) is 0 Å². The highest BCUT2D eigenvalue weighted by Gasteiger charge is 2.20. The molecular weight excluding hydrogens is 328 g/mol. The minimum atomic E-state index is -0.237. The fourth-order valence-electron chi connectivity index (χ4n) is 2.93. The lowest BCUT2D eigenvalue weighted by Gasteiger charge is -2.28. The number of esters is 1. The fourth-order valence-corrected chi connectivity index (χ4v) is 2.93. The number of carbonyl (C=O) groups is 1. The summed E-state index contributed by atoms with van der Waals surface area (Å²) in [6.07, 6.45) is 1.85. The van der Waals surface area contributed by atoms with E-state index < -0.39 is 0 Å². The summed E-state index contributed by atoms with van der Waals surface area (Å²) < 4.78 is 11.2. The second kappa shape index (κ2) is 9.25. The highest BCUT2D eigenvalue weighted by atomic mass is 16.5. The molecule has 3 rings (SSSR count). The first-order chi connectivity index (χ1) is 12.7. The molecule has 1 heterocycles. The van der Waals surface area contributed by atoms with Crippen LogP contribution >= 0.6 is 0 Å². The molecule has 0 saturated carbocycles. The molecule has 0 atom stereocenters. The summed E-state index contributed by atoms with van der Waals surface area (Å²) in [4.78, 5) is 14.5. The van der Waals surface area contributed by atoms with Gasteiger partial charge in [-0.1, -0.05) is 18.2 Å². The van der Waals surface area contributed by atoms with Gasteiger partial charge in [-0.05, 0) is 56.3 Å². The third-order valence-electron chi connectivity index (χ3n) is 4.50. The van der Waals surface area contributed by atoms with E-state index in [1.54, 1.807) is 12.1 Å². The van der Waals surface area contributed by atoms with Gasteiger partial charge in [0.25, 0.3) is 0 Å². The monoisotopic (exact) mass is 354 g/mol. The predicted molar refractivity (Wildman–Crippen MR) is 103 cm³/mol. The molecule has 5 nitrogen and oxygen atoms in total. The van der Waals surface area contributed by atoms with Crippen molar-refractivity contribution in [3.63, 3.8) is 0 Å². The molecule has 2 aromatic rings. The number of carbonyl (C=O) groups excluding carboxylic acids is 1. The number of rotatable bonds is 7. The maximum Gasteiger partial charge on any atom is 0.338 e. The van der Waals surface area contributed by atoms with Crippen LogP contribution in [0.5, 0.6) is 5.75 Å². The van der Waals surface area contributed by atoms with E-state index in [2.05, 4.69) is 17.3 Å². The average Bonchev–Trinajstić information content (AvgIpc) is 2.68. The summed E-state index contributed by atoms with van der Waals surface area (Å²) in [6.45, 7) is 3.22. The van der Waals surface area contributed by atoms with Gasteiger partial charge >= 0.3 is 5.97 Å². The van der Waals surface area contributed by atoms with Crippen molar-refractivity contribution in [2.24, 2.45) is 0 Å². The van der Waals surface area contributed by atoms with Gasteiger partial charge in [-0.2, -0.15) is 0 Å². The van der Waals surface area contributed by atoms with E-state index in [0.717, 1.165) is 37.4 Å². The van der Waals surface area contributed by atoms with Gasteiger partial charge in [-0.3, -0.25) is 0 Å². The Morgan fingerprint density at radius 3 is 2.46 bits per heavy atom. The van der Waals surface area contributed by atoms with Crippen LogP contribution in [0, 0.1) is 0 Å². The van der Waals surface area contributed by atoms with Gasteiger partial charge in [0.1, 0.15) is 18.5 Å². The van der Waals surface area contributed by atoms with E-state index in [1.165, 1.54) is 0 Å². The standard InChI is InChI=1S/C21H26N2O3/c1-23-14-11-20(12-15-23)26-21(24)17-7-9-18(10-8-17)22-13-16-25-19-5-3-2-4-6-19/h2-10,20,22H,11-16H2,1H3. The maximum atomic E-state index is 12.2. The predicted octanol–water partition coefficient (Wildman–Crippen LogP) is 3.43. The van der Waals surface area contributed by atoms with Crippen molar-refractivity contribution in [3.05, 3.63) is 60.2 Å². The van der Waals surface area contributed by atoms with Crippen molar-refractivity contribution in [2.45, 2.75) is 18.9 Å². The Morgan fingerprint density at radius 2 is 1.77 bits per heavy atom. The fraction of sp³-hybridized carbons (Fsp3) is 0.381. The minimum Gasteiger partial charge on any atom is -0.492 e. The molecule has 2 aromatic carbocycles. The number of hydrogen-bond donors (Lipinski definition) is 1. The van der Waals surface area contributed by atoms with E-state index >= 15 is 0 Å². The summed E-state index contributed by atoms with van der Waals surface area (Å²) in [7, 11) is 2.09. The van der Waals surface area contributed by atoms with Gasteiger partial charge in [0.15, 0.2) is 0 Å². The van der Waals surface area contributed by atoms with Crippen molar-refractivity contribution in [2.75, 3.05) is 38.6 Å². The Bertz CT molecular complexity index is 680. The number of para-hydroxylation sites is 1. The molecule has 0 amide bonds. The van der Waals surface area contributed by atoms with Crippen molar-refractivity contribution in [3.8, 4) is 5.75 Å². The molecule has 1 aliphatic rings. The second-order valence-electron chi connectivity index (χ2n) is 6.57. The molecule has 5 heteroatoms. The minimum absolute atomic E-state index is 0.0339. The zero-order chi connectivity index (χ0) is 18.2. The summed E-state index contributed by atoms with van der Waals surface area (Å²) in [6, 6.07) is 17.1. The summed E-state index contributed by atoms with van der Waals surface area (Å²) in [5.74, 6) is 0.625. The second-order valence-corrected chi connectivity index (χ2v) is 6.57. The molecule has 1 saturated heterocycles. The Kier molecular flexibility index (Phi) is 6.50. The third-order valence-corrected chi connectivity index (χ3v) is 4.50.